The van der Waals surface area contributed by atoms with Gasteiger partial charge in [-0.1, -0.05) is 30.3 Å². The Morgan fingerprint density at radius 2 is 1.71 bits per heavy atom. The van der Waals surface area contributed by atoms with Crippen LogP contribution in [0.4, 0.5) is 0 Å². The van der Waals surface area contributed by atoms with Crippen molar-refractivity contribution < 1.29 is 0 Å². The van der Waals surface area contributed by atoms with Gasteiger partial charge in [0, 0.05) is 12.0 Å². The number of hydrogen-bond acceptors (Lipinski definition) is 3. The van der Waals surface area contributed by atoms with E-state index in [2.05, 4.69) is 15.2 Å². The molecule has 4 nitrogen and oxygen atoms in total. The van der Waals surface area contributed by atoms with E-state index >= 15 is 0 Å². The number of nitrogens with one attached hydrogen (secondary N) is 1. The molecule has 1 heterocycles. The molecular formula is C10H15Cl3N4. The van der Waals surface area contributed by atoms with Gasteiger partial charge in [0.05, 0.1) is 0 Å². The highest BCUT2D eigenvalue weighted by atomic mass is 35.5. The number of nitrogens with two attached hydrogens (primary N) is 1. The molecule has 0 bridgehead atoms. The lowest BCUT2D eigenvalue weighted by Gasteiger charge is -1.91. The normalized spacial score (nSPS) is 8.53. The van der Waals surface area contributed by atoms with Gasteiger partial charge >= 0.3 is 0 Å². The van der Waals surface area contributed by atoms with Crippen LogP contribution in [0.3, 0.4) is 0 Å². The third-order valence-corrected chi connectivity index (χ3v) is 1.94. The number of benzene rings is 1. The van der Waals surface area contributed by atoms with Gasteiger partial charge in [-0.15, -0.1) is 37.2 Å². The van der Waals surface area contributed by atoms with Gasteiger partial charge in [-0.3, -0.25) is 5.10 Å². The molecule has 1 aromatic carbocycles. The second-order valence-electron chi connectivity index (χ2n) is 3.01. The maximum atomic E-state index is 5.42. The predicted molar refractivity (Wildman–Crippen MR) is 76.3 cm³/mol. The summed E-state index contributed by atoms with van der Waals surface area (Å²) in [5.74, 6) is 1.57. The van der Waals surface area contributed by atoms with Crippen LogP contribution in [0.5, 0.6) is 0 Å². The van der Waals surface area contributed by atoms with Gasteiger partial charge in [-0.05, 0) is 6.54 Å². The fourth-order valence-electron chi connectivity index (χ4n) is 1.26. The monoisotopic (exact) mass is 296 g/mol. The lowest BCUT2D eigenvalue weighted by molar-refractivity contribution is 0.874. The molecule has 0 amide bonds. The molecule has 1 aromatic heterocycles. The molecular weight excluding hydrogens is 282 g/mol. The topological polar surface area (TPSA) is 67.6 Å². The maximum Gasteiger partial charge on any atom is 0.181 e. The molecule has 2 aromatic rings. The molecule has 7 heteroatoms. The summed E-state index contributed by atoms with van der Waals surface area (Å²) in [5.41, 5.74) is 6.44. The molecule has 2 rings (SSSR count). The highest BCUT2D eigenvalue weighted by Crippen LogP contribution is 2.12. The number of hydrogen-bond donors (Lipinski definition) is 2. The number of halogens is 3. The van der Waals surface area contributed by atoms with E-state index in [0.29, 0.717) is 6.54 Å². The van der Waals surface area contributed by atoms with Crippen LogP contribution < -0.4 is 5.73 Å². The minimum absolute atomic E-state index is 0. The zero-order chi connectivity index (χ0) is 9.80. The van der Waals surface area contributed by atoms with Gasteiger partial charge in [0.2, 0.25) is 0 Å². The third kappa shape index (κ3) is 4.91. The lowest BCUT2D eigenvalue weighted by atomic mass is 10.2. The molecule has 0 spiro atoms. The van der Waals surface area contributed by atoms with Crippen molar-refractivity contribution in [3.63, 3.8) is 0 Å². The van der Waals surface area contributed by atoms with Crippen LogP contribution in [0.2, 0.25) is 0 Å². The van der Waals surface area contributed by atoms with Crippen LogP contribution in [0.25, 0.3) is 11.4 Å². The van der Waals surface area contributed by atoms with Gasteiger partial charge in [0.15, 0.2) is 5.82 Å². The van der Waals surface area contributed by atoms with Crippen molar-refractivity contribution >= 4 is 37.2 Å². The van der Waals surface area contributed by atoms with Gasteiger partial charge in [0.25, 0.3) is 0 Å². The quantitative estimate of drug-likeness (QED) is 0.913. The highest BCUT2D eigenvalue weighted by Gasteiger charge is 2.03. The van der Waals surface area contributed by atoms with Crippen LogP contribution in [0.15, 0.2) is 30.3 Å². The Hall–Kier alpha value is -0.810. The molecule has 0 aliphatic carbocycles. The first-order valence-electron chi connectivity index (χ1n) is 4.57. The number of aromatic nitrogens is 3. The Labute approximate surface area is 119 Å². The summed E-state index contributed by atoms with van der Waals surface area (Å²) in [6.45, 7) is 0.587. The minimum atomic E-state index is 0. The fraction of sp³-hybridized carbons (Fsp3) is 0.200. The van der Waals surface area contributed by atoms with E-state index in [1.54, 1.807) is 0 Å². The molecule has 17 heavy (non-hydrogen) atoms. The van der Waals surface area contributed by atoms with E-state index in [0.717, 1.165) is 23.6 Å². The van der Waals surface area contributed by atoms with Gasteiger partial charge in [0.1, 0.15) is 5.82 Å². The summed E-state index contributed by atoms with van der Waals surface area (Å²) in [6.07, 6.45) is 0.736. The number of H-pyrrole nitrogens is 1. The van der Waals surface area contributed by atoms with Crippen molar-refractivity contribution in [3.8, 4) is 11.4 Å². The van der Waals surface area contributed by atoms with Gasteiger partial charge in [-0.2, -0.15) is 5.10 Å². The first kappa shape index (κ1) is 18.6. The summed E-state index contributed by atoms with van der Waals surface area (Å²) < 4.78 is 0. The molecule has 0 atom stereocenters. The van der Waals surface area contributed by atoms with Crippen molar-refractivity contribution in [1.29, 1.82) is 0 Å². The zero-order valence-electron chi connectivity index (χ0n) is 9.00. The molecule has 0 unspecified atom stereocenters. The Kier molecular flexibility index (Phi) is 10.1. The number of aromatic amines is 1. The number of rotatable bonds is 3. The molecule has 0 saturated heterocycles. The Balaban J connectivity index is 0. The summed E-state index contributed by atoms with van der Waals surface area (Å²) in [6, 6.07) is 9.87. The van der Waals surface area contributed by atoms with Gasteiger partial charge < -0.3 is 5.73 Å². The van der Waals surface area contributed by atoms with Crippen LogP contribution in [0.1, 0.15) is 5.82 Å². The standard InChI is InChI=1S/C10H12N4.3ClH/c11-7-6-9-12-10(14-13-9)8-4-2-1-3-5-8;;;/h1-5H,6-7,11H2,(H,12,13,14);3*1H. The van der Waals surface area contributed by atoms with Crippen molar-refractivity contribution in [2.75, 3.05) is 6.54 Å². The summed E-state index contributed by atoms with van der Waals surface area (Å²) in [5, 5.41) is 6.98. The van der Waals surface area contributed by atoms with E-state index < -0.39 is 0 Å². The van der Waals surface area contributed by atoms with Gasteiger partial charge in [-0.25, -0.2) is 4.98 Å². The van der Waals surface area contributed by atoms with Crippen LogP contribution in [-0.2, 0) is 6.42 Å². The van der Waals surface area contributed by atoms with Crippen LogP contribution in [-0.4, -0.2) is 21.7 Å². The van der Waals surface area contributed by atoms with Crippen molar-refractivity contribution in [1.82, 2.24) is 15.2 Å². The second kappa shape index (κ2) is 9.24. The molecule has 0 fully saturated rings. The molecule has 0 aliphatic heterocycles. The Morgan fingerprint density at radius 1 is 1.06 bits per heavy atom. The van der Waals surface area contributed by atoms with Crippen molar-refractivity contribution in [2.45, 2.75) is 6.42 Å². The van der Waals surface area contributed by atoms with Crippen LogP contribution >= 0.6 is 37.2 Å². The van der Waals surface area contributed by atoms with E-state index in [4.69, 9.17) is 5.73 Å². The average Bonchev–Trinajstić information content (AvgIpc) is 2.68. The summed E-state index contributed by atoms with van der Waals surface area (Å²) in [7, 11) is 0. The average molecular weight is 298 g/mol. The van der Waals surface area contributed by atoms with Crippen molar-refractivity contribution in [3.05, 3.63) is 36.2 Å². The zero-order valence-corrected chi connectivity index (χ0v) is 11.4. The molecule has 0 saturated carbocycles. The third-order valence-electron chi connectivity index (χ3n) is 1.94. The van der Waals surface area contributed by atoms with E-state index in [9.17, 15) is 0 Å². The van der Waals surface area contributed by atoms with Crippen LogP contribution in [0, 0.1) is 0 Å². The Bertz CT molecular complexity index is 405. The second-order valence-corrected chi connectivity index (χ2v) is 3.01. The fourth-order valence-corrected chi connectivity index (χ4v) is 1.26. The van der Waals surface area contributed by atoms with E-state index in [-0.39, 0.29) is 37.2 Å². The SMILES string of the molecule is Cl.Cl.Cl.NCCc1nc(-c2ccccc2)n[nH]1. The largest absolute Gasteiger partial charge is 0.330 e. The smallest absolute Gasteiger partial charge is 0.181 e. The first-order valence-corrected chi connectivity index (χ1v) is 4.57. The predicted octanol–water partition coefficient (Wildman–Crippen LogP) is 2.24. The lowest BCUT2D eigenvalue weighted by Crippen LogP contribution is -2.03. The Morgan fingerprint density at radius 3 is 2.29 bits per heavy atom. The number of nitrogens with zero attached hydrogens (tertiary/aromatic N) is 2. The first-order chi connectivity index (χ1) is 6.90. The highest BCUT2D eigenvalue weighted by molar-refractivity contribution is 5.86. The minimum Gasteiger partial charge on any atom is -0.330 e. The van der Waals surface area contributed by atoms with Crippen molar-refractivity contribution in [2.24, 2.45) is 5.73 Å². The molecule has 3 N–H and O–H groups in total. The summed E-state index contributed by atoms with van der Waals surface area (Å²) in [4.78, 5) is 4.32. The molecule has 96 valence electrons. The van der Waals surface area contributed by atoms with E-state index in [1.165, 1.54) is 0 Å². The summed E-state index contributed by atoms with van der Waals surface area (Å²) >= 11 is 0. The molecule has 0 aliphatic rings. The maximum absolute atomic E-state index is 5.42. The molecule has 0 radical (unpaired) electrons. The van der Waals surface area contributed by atoms with E-state index in [1.807, 2.05) is 30.3 Å².